The van der Waals surface area contributed by atoms with Crippen LogP contribution in [0.1, 0.15) is 17.8 Å². The van der Waals surface area contributed by atoms with Gasteiger partial charge < -0.3 is 15.0 Å². The summed E-state index contributed by atoms with van der Waals surface area (Å²) in [4.78, 5) is 3.51. The third-order valence-electron chi connectivity index (χ3n) is 2.35. The molecule has 0 radical (unpaired) electrons. The van der Waals surface area contributed by atoms with Gasteiger partial charge in [-0.15, -0.1) is 11.3 Å². The van der Waals surface area contributed by atoms with Crippen LogP contribution in [0.3, 0.4) is 0 Å². The normalized spacial score (nSPS) is 13.2. The number of rotatable bonds is 8. The van der Waals surface area contributed by atoms with Gasteiger partial charge in [0, 0.05) is 24.0 Å². The van der Waals surface area contributed by atoms with E-state index in [0.717, 1.165) is 26.3 Å². The summed E-state index contributed by atoms with van der Waals surface area (Å²) in [5, 5.41) is 5.56. The third kappa shape index (κ3) is 5.61. The first-order valence-electron chi connectivity index (χ1n) is 5.69. The van der Waals surface area contributed by atoms with E-state index in [4.69, 9.17) is 4.74 Å². The molecule has 1 aromatic rings. The third-order valence-corrected chi connectivity index (χ3v) is 3.40. The van der Waals surface area contributed by atoms with Crippen molar-refractivity contribution in [3.63, 3.8) is 0 Å². The maximum atomic E-state index is 5.51. The molecule has 92 valence electrons. The molecule has 1 unspecified atom stereocenters. The molecule has 16 heavy (non-hydrogen) atoms. The van der Waals surface area contributed by atoms with Gasteiger partial charge >= 0.3 is 0 Å². The molecule has 1 rings (SSSR count). The molecule has 1 heterocycles. The van der Waals surface area contributed by atoms with Crippen LogP contribution in [0.25, 0.3) is 0 Å². The summed E-state index contributed by atoms with van der Waals surface area (Å²) in [5.74, 6) is 0. The average molecular weight is 242 g/mol. The van der Waals surface area contributed by atoms with Gasteiger partial charge in [-0.05, 0) is 32.5 Å². The Morgan fingerprint density at radius 1 is 1.44 bits per heavy atom. The second-order valence-corrected chi connectivity index (χ2v) is 5.09. The van der Waals surface area contributed by atoms with Crippen molar-refractivity contribution in [2.75, 3.05) is 40.4 Å². The second kappa shape index (κ2) is 7.79. The first kappa shape index (κ1) is 13.6. The van der Waals surface area contributed by atoms with Crippen LogP contribution in [-0.2, 0) is 4.74 Å². The lowest BCUT2D eigenvalue weighted by Gasteiger charge is -2.13. The first-order valence-corrected chi connectivity index (χ1v) is 6.57. The summed E-state index contributed by atoms with van der Waals surface area (Å²) in [6, 6.07) is 4.68. The molecule has 0 saturated carbocycles. The molecule has 0 aliphatic heterocycles. The highest BCUT2D eigenvalue weighted by Gasteiger charge is 2.04. The molecule has 1 N–H and O–H groups in total. The number of nitrogens with zero attached hydrogens (tertiary/aromatic N) is 1. The Morgan fingerprint density at radius 3 is 2.88 bits per heavy atom. The number of ether oxygens (including phenoxy) is 1. The Kier molecular flexibility index (Phi) is 6.64. The molecule has 0 fully saturated rings. The summed E-state index contributed by atoms with van der Waals surface area (Å²) in [6.07, 6.45) is 0. The van der Waals surface area contributed by atoms with Gasteiger partial charge in [-0.3, -0.25) is 0 Å². The van der Waals surface area contributed by atoms with Gasteiger partial charge in [0.15, 0.2) is 0 Å². The molecular weight excluding hydrogens is 220 g/mol. The summed E-state index contributed by atoms with van der Waals surface area (Å²) in [5.41, 5.74) is 0. The van der Waals surface area contributed by atoms with Crippen LogP contribution in [0.15, 0.2) is 17.5 Å². The first-order chi connectivity index (χ1) is 7.70. The minimum absolute atomic E-state index is 0.428. The fourth-order valence-electron chi connectivity index (χ4n) is 1.34. The zero-order valence-corrected chi connectivity index (χ0v) is 11.2. The lowest BCUT2D eigenvalue weighted by atomic mass is 10.3. The largest absolute Gasteiger partial charge is 0.379 e. The maximum absolute atomic E-state index is 5.51. The van der Waals surface area contributed by atoms with E-state index in [-0.39, 0.29) is 0 Å². The summed E-state index contributed by atoms with van der Waals surface area (Å²) >= 11 is 1.79. The highest BCUT2D eigenvalue weighted by molar-refractivity contribution is 7.10. The molecular formula is C12H22N2OS. The van der Waals surface area contributed by atoms with Crippen molar-refractivity contribution in [2.24, 2.45) is 0 Å². The average Bonchev–Trinajstić information content (AvgIpc) is 2.75. The lowest BCUT2D eigenvalue weighted by molar-refractivity contribution is 0.118. The van der Waals surface area contributed by atoms with Crippen LogP contribution >= 0.6 is 11.3 Å². The zero-order valence-electron chi connectivity index (χ0n) is 10.4. The molecule has 1 atom stereocenters. The Labute approximate surface area is 102 Å². The second-order valence-electron chi connectivity index (χ2n) is 4.11. The summed E-state index contributed by atoms with van der Waals surface area (Å²) in [7, 11) is 4.11. The fourth-order valence-corrected chi connectivity index (χ4v) is 2.09. The highest BCUT2D eigenvalue weighted by atomic mass is 32.1. The van der Waals surface area contributed by atoms with Gasteiger partial charge in [-0.1, -0.05) is 6.07 Å². The molecule has 0 bridgehead atoms. The van der Waals surface area contributed by atoms with E-state index in [1.807, 2.05) is 0 Å². The van der Waals surface area contributed by atoms with Crippen molar-refractivity contribution in [3.05, 3.63) is 22.4 Å². The minimum atomic E-state index is 0.428. The Hall–Kier alpha value is -0.420. The van der Waals surface area contributed by atoms with Crippen molar-refractivity contribution in [1.29, 1.82) is 0 Å². The molecule has 0 saturated heterocycles. The van der Waals surface area contributed by atoms with Crippen LogP contribution in [0.5, 0.6) is 0 Å². The monoisotopic (exact) mass is 242 g/mol. The minimum Gasteiger partial charge on any atom is -0.379 e. The summed E-state index contributed by atoms with van der Waals surface area (Å²) < 4.78 is 5.51. The maximum Gasteiger partial charge on any atom is 0.0593 e. The predicted octanol–water partition coefficient (Wildman–Crippen LogP) is 1.98. The SMILES string of the molecule is CC(NCCOCCN(C)C)c1cccs1. The molecule has 4 heteroatoms. The number of hydrogen-bond donors (Lipinski definition) is 1. The van der Waals surface area contributed by atoms with Crippen molar-refractivity contribution < 1.29 is 4.74 Å². The molecule has 1 aromatic heterocycles. The van der Waals surface area contributed by atoms with Gasteiger partial charge in [-0.25, -0.2) is 0 Å². The van der Waals surface area contributed by atoms with Crippen molar-refractivity contribution in [2.45, 2.75) is 13.0 Å². The van der Waals surface area contributed by atoms with Crippen molar-refractivity contribution >= 4 is 11.3 Å². The standard InChI is InChI=1S/C12H22N2OS/c1-11(12-5-4-10-16-12)13-6-8-15-9-7-14(2)3/h4-5,10-11,13H,6-9H2,1-3H3. The lowest BCUT2D eigenvalue weighted by Crippen LogP contribution is -2.24. The van der Waals surface area contributed by atoms with Crippen LogP contribution in [0.4, 0.5) is 0 Å². The van der Waals surface area contributed by atoms with Crippen LogP contribution in [0, 0.1) is 0 Å². The van der Waals surface area contributed by atoms with Gasteiger partial charge in [-0.2, -0.15) is 0 Å². The van der Waals surface area contributed by atoms with Crippen molar-refractivity contribution in [1.82, 2.24) is 10.2 Å². The van der Waals surface area contributed by atoms with Gasteiger partial charge in [0.2, 0.25) is 0 Å². The zero-order chi connectivity index (χ0) is 11.8. The van der Waals surface area contributed by atoms with Gasteiger partial charge in [0.25, 0.3) is 0 Å². The van der Waals surface area contributed by atoms with Crippen LogP contribution in [0.2, 0.25) is 0 Å². The summed E-state index contributed by atoms with van der Waals surface area (Å²) in [6.45, 7) is 5.67. The Balaban J connectivity index is 1.99. The quantitative estimate of drug-likeness (QED) is 0.706. The van der Waals surface area contributed by atoms with Gasteiger partial charge in [0.1, 0.15) is 0 Å². The smallest absolute Gasteiger partial charge is 0.0593 e. The Morgan fingerprint density at radius 2 is 2.25 bits per heavy atom. The van der Waals surface area contributed by atoms with E-state index in [9.17, 15) is 0 Å². The molecule has 0 aliphatic rings. The fraction of sp³-hybridized carbons (Fsp3) is 0.667. The van der Waals surface area contributed by atoms with E-state index in [2.05, 4.69) is 48.7 Å². The topological polar surface area (TPSA) is 24.5 Å². The van der Waals surface area contributed by atoms with Gasteiger partial charge in [0.05, 0.1) is 13.2 Å². The van der Waals surface area contributed by atoms with E-state index < -0.39 is 0 Å². The number of thiophene rings is 1. The van der Waals surface area contributed by atoms with E-state index in [1.165, 1.54) is 4.88 Å². The number of nitrogens with one attached hydrogen (secondary N) is 1. The molecule has 3 nitrogen and oxygen atoms in total. The molecule has 0 aliphatic carbocycles. The van der Waals surface area contributed by atoms with Crippen LogP contribution in [-0.4, -0.2) is 45.3 Å². The number of likely N-dealkylation sites (N-methyl/N-ethyl adjacent to an activating group) is 1. The molecule has 0 aromatic carbocycles. The van der Waals surface area contributed by atoms with E-state index >= 15 is 0 Å². The number of hydrogen-bond acceptors (Lipinski definition) is 4. The van der Waals surface area contributed by atoms with E-state index in [0.29, 0.717) is 6.04 Å². The van der Waals surface area contributed by atoms with Crippen LogP contribution < -0.4 is 5.32 Å². The Bertz CT molecular complexity index is 262. The highest BCUT2D eigenvalue weighted by Crippen LogP contribution is 2.17. The predicted molar refractivity (Wildman–Crippen MR) is 70.1 cm³/mol. The van der Waals surface area contributed by atoms with Crippen molar-refractivity contribution in [3.8, 4) is 0 Å². The van der Waals surface area contributed by atoms with E-state index in [1.54, 1.807) is 11.3 Å². The molecule has 0 amide bonds. The molecule has 0 spiro atoms.